The lowest BCUT2D eigenvalue weighted by molar-refractivity contribution is 0.0467. The molecule has 1 aromatic heterocycles. The van der Waals surface area contributed by atoms with Gasteiger partial charge in [0.05, 0.1) is 18.2 Å². The van der Waals surface area contributed by atoms with Crippen LogP contribution in [-0.2, 0) is 0 Å². The zero-order valence-corrected chi connectivity index (χ0v) is 16.5. The normalized spacial score (nSPS) is 23.3. The van der Waals surface area contributed by atoms with Crippen molar-refractivity contribution in [3.8, 4) is 5.88 Å². The Morgan fingerprint density at radius 2 is 1.96 bits per heavy atom. The van der Waals surface area contributed by atoms with Crippen LogP contribution in [0.5, 0.6) is 5.88 Å². The van der Waals surface area contributed by atoms with Crippen molar-refractivity contribution in [2.45, 2.75) is 19.3 Å². The van der Waals surface area contributed by atoms with Gasteiger partial charge in [0.25, 0.3) is 5.91 Å². The number of pyridine rings is 1. The number of hydrogen-bond donors (Lipinski definition) is 1. The maximum atomic E-state index is 13.5. The van der Waals surface area contributed by atoms with Crippen molar-refractivity contribution in [3.63, 3.8) is 0 Å². The monoisotopic (exact) mass is 383 g/mol. The largest absolute Gasteiger partial charge is 0.481 e. The Balaban J connectivity index is 1.60. The van der Waals surface area contributed by atoms with Crippen molar-refractivity contribution < 1.29 is 14.6 Å². The molecule has 2 fully saturated rings. The maximum Gasteiger partial charge on any atom is 0.254 e. The first kappa shape index (κ1) is 19.2. The third-order valence-corrected chi connectivity index (χ3v) is 6.02. The van der Waals surface area contributed by atoms with E-state index < -0.39 is 0 Å². The molecule has 2 aliphatic rings. The molecule has 2 atom stereocenters. The Labute approximate surface area is 166 Å². The number of rotatable bonds is 5. The highest BCUT2D eigenvalue weighted by Gasteiger charge is 2.32. The van der Waals surface area contributed by atoms with Gasteiger partial charge in [-0.1, -0.05) is 18.2 Å². The molecule has 150 valence electrons. The molecule has 0 bridgehead atoms. The number of likely N-dealkylation sites (tertiary alicyclic amines) is 2. The standard InChI is InChI=1S/C22H29N3O3/c1-28-21-11-19(18-6-2-3-7-20(18)23-21)22(27)25-13-16(10-17(14-25)15-26)12-24-8-4-5-9-24/h2-3,6-7,11,16-17,26H,4-5,8-10,12-15H2,1H3. The number of hydrogen-bond acceptors (Lipinski definition) is 5. The number of carbonyl (C=O) groups excluding carboxylic acids is 1. The minimum atomic E-state index is 0.00136. The van der Waals surface area contributed by atoms with E-state index in [0.29, 0.717) is 23.9 Å². The number of ether oxygens (including phenoxy) is 1. The van der Waals surface area contributed by atoms with Gasteiger partial charge in [-0.05, 0) is 50.3 Å². The molecule has 2 aliphatic heterocycles. The van der Waals surface area contributed by atoms with Gasteiger partial charge >= 0.3 is 0 Å². The Hall–Kier alpha value is -2.18. The number of aliphatic hydroxyl groups is 1. The Morgan fingerprint density at radius 1 is 1.21 bits per heavy atom. The van der Waals surface area contributed by atoms with Gasteiger partial charge in [0.2, 0.25) is 5.88 Å². The summed E-state index contributed by atoms with van der Waals surface area (Å²) in [5.74, 6) is 0.996. The fraction of sp³-hybridized carbons (Fsp3) is 0.545. The van der Waals surface area contributed by atoms with Gasteiger partial charge in [-0.3, -0.25) is 4.79 Å². The fourth-order valence-corrected chi connectivity index (χ4v) is 4.68. The van der Waals surface area contributed by atoms with Gasteiger partial charge < -0.3 is 19.6 Å². The number of benzene rings is 1. The molecule has 0 spiro atoms. The number of aromatic nitrogens is 1. The van der Waals surface area contributed by atoms with Crippen LogP contribution in [0.1, 0.15) is 29.6 Å². The molecular formula is C22H29N3O3. The van der Waals surface area contributed by atoms with Crippen LogP contribution < -0.4 is 4.74 Å². The van der Waals surface area contributed by atoms with E-state index in [1.807, 2.05) is 29.2 Å². The number of amides is 1. The third kappa shape index (κ3) is 3.98. The minimum Gasteiger partial charge on any atom is -0.481 e. The van der Waals surface area contributed by atoms with Crippen LogP contribution >= 0.6 is 0 Å². The summed E-state index contributed by atoms with van der Waals surface area (Å²) in [5.41, 5.74) is 1.38. The number of piperidine rings is 1. The number of fused-ring (bicyclic) bond motifs is 1. The average Bonchev–Trinajstić information content (AvgIpc) is 3.25. The molecule has 2 aromatic rings. The van der Waals surface area contributed by atoms with Crippen molar-refractivity contribution in [1.29, 1.82) is 0 Å². The van der Waals surface area contributed by atoms with Gasteiger partial charge in [0.1, 0.15) is 0 Å². The maximum absolute atomic E-state index is 13.5. The van der Waals surface area contributed by atoms with E-state index in [-0.39, 0.29) is 18.4 Å². The molecule has 0 saturated carbocycles. The second-order valence-corrected chi connectivity index (χ2v) is 8.10. The number of methoxy groups -OCH3 is 1. The summed E-state index contributed by atoms with van der Waals surface area (Å²) >= 11 is 0. The van der Waals surface area contributed by atoms with Crippen LogP contribution in [0.3, 0.4) is 0 Å². The van der Waals surface area contributed by atoms with Crippen LogP contribution in [0.15, 0.2) is 30.3 Å². The SMILES string of the molecule is COc1cc(C(=O)N2CC(CO)CC(CN3CCCC3)C2)c2ccccc2n1. The second-order valence-electron chi connectivity index (χ2n) is 8.10. The highest BCUT2D eigenvalue weighted by molar-refractivity contribution is 6.06. The molecule has 2 unspecified atom stereocenters. The Kier molecular flexibility index (Phi) is 5.78. The smallest absolute Gasteiger partial charge is 0.254 e. The van der Waals surface area contributed by atoms with Crippen molar-refractivity contribution in [2.24, 2.45) is 11.8 Å². The van der Waals surface area contributed by atoms with E-state index in [0.717, 1.165) is 43.5 Å². The van der Waals surface area contributed by atoms with Crippen LogP contribution in [0.25, 0.3) is 10.9 Å². The highest BCUT2D eigenvalue weighted by Crippen LogP contribution is 2.28. The number of aliphatic hydroxyl groups excluding tert-OH is 1. The lowest BCUT2D eigenvalue weighted by Crippen LogP contribution is -2.47. The molecule has 1 N–H and O–H groups in total. The summed E-state index contributed by atoms with van der Waals surface area (Å²) in [6, 6.07) is 9.42. The summed E-state index contributed by atoms with van der Waals surface area (Å²) < 4.78 is 5.32. The zero-order valence-electron chi connectivity index (χ0n) is 16.5. The molecule has 2 saturated heterocycles. The predicted octanol–water partition coefficient (Wildman–Crippen LogP) is 2.41. The van der Waals surface area contributed by atoms with E-state index in [1.165, 1.54) is 12.8 Å². The first-order valence-corrected chi connectivity index (χ1v) is 10.2. The summed E-state index contributed by atoms with van der Waals surface area (Å²) in [4.78, 5) is 22.4. The quantitative estimate of drug-likeness (QED) is 0.859. The molecule has 6 heteroatoms. The van der Waals surface area contributed by atoms with Crippen molar-refractivity contribution in [3.05, 3.63) is 35.9 Å². The molecule has 28 heavy (non-hydrogen) atoms. The summed E-state index contributed by atoms with van der Waals surface area (Å²) in [7, 11) is 1.57. The third-order valence-electron chi connectivity index (χ3n) is 6.02. The average molecular weight is 383 g/mol. The molecule has 4 rings (SSSR count). The summed E-state index contributed by atoms with van der Waals surface area (Å²) in [6.07, 6.45) is 3.51. The number of para-hydroxylation sites is 1. The van der Waals surface area contributed by atoms with Crippen LogP contribution in [-0.4, -0.2) is 72.2 Å². The van der Waals surface area contributed by atoms with Crippen molar-refractivity contribution in [2.75, 3.05) is 46.4 Å². The van der Waals surface area contributed by atoms with E-state index in [2.05, 4.69) is 9.88 Å². The molecule has 0 radical (unpaired) electrons. The zero-order chi connectivity index (χ0) is 19.5. The van der Waals surface area contributed by atoms with E-state index in [9.17, 15) is 9.90 Å². The van der Waals surface area contributed by atoms with Gasteiger partial charge in [-0.2, -0.15) is 0 Å². The lowest BCUT2D eigenvalue weighted by atomic mass is 9.88. The Bertz CT molecular complexity index is 835. The summed E-state index contributed by atoms with van der Waals surface area (Å²) in [5, 5.41) is 10.7. The lowest BCUT2D eigenvalue weighted by Gasteiger charge is -2.38. The molecule has 1 aromatic carbocycles. The van der Waals surface area contributed by atoms with Crippen LogP contribution in [0.2, 0.25) is 0 Å². The van der Waals surface area contributed by atoms with Gasteiger partial charge in [-0.15, -0.1) is 0 Å². The van der Waals surface area contributed by atoms with Crippen molar-refractivity contribution >= 4 is 16.8 Å². The number of nitrogens with zero attached hydrogens (tertiary/aromatic N) is 3. The topological polar surface area (TPSA) is 65.9 Å². The van der Waals surface area contributed by atoms with Crippen molar-refractivity contribution in [1.82, 2.24) is 14.8 Å². The minimum absolute atomic E-state index is 0.00136. The molecule has 0 aliphatic carbocycles. The van der Waals surface area contributed by atoms with Crippen LogP contribution in [0, 0.1) is 11.8 Å². The number of carbonyl (C=O) groups is 1. The van der Waals surface area contributed by atoms with Crippen LogP contribution in [0.4, 0.5) is 0 Å². The summed E-state index contributed by atoms with van der Waals surface area (Å²) in [6.45, 7) is 4.79. The molecule has 1 amide bonds. The predicted molar refractivity (Wildman–Crippen MR) is 109 cm³/mol. The van der Waals surface area contributed by atoms with E-state index in [4.69, 9.17) is 4.74 Å². The highest BCUT2D eigenvalue weighted by atomic mass is 16.5. The second kappa shape index (κ2) is 8.45. The Morgan fingerprint density at radius 3 is 2.71 bits per heavy atom. The first-order valence-electron chi connectivity index (χ1n) is 10.2. The van der Waals surface area contributed by atoms with Gasteiger partial charge in [-0.25, -0.2) is 4.98 Å². The van der Waals surface area contributed by atoms with E-state index in [1.54, 1.807) is 13.2 Å². The molecular weight excluding hydrogens is 354 g/mol. The first-order chi connectivity index (χ1) is 13.7. The van der Waals surface area contributed by atoms with Gasteiger partial charge in [0, 0.05) is 37.7 Å². The molecule has 3 heterocycles. The fourth-order valence-electron chi connectivity index (χ4n) is 4.68. The van der Waals surface area contributed by atoms with Gasteiger partial charge in [0.15, 0.2) is 0 Å². The van der Waals surface area contributed by atoms with E-state index >= 15 is 0 Å². The molecule has 6 nitrogen and oxygen atoms in total.